The smallest absolute Gasteiger partial charge is 0.114 e. The largest absolute Gasteiger partial charge is 0.396 e. The third-order valence-electron chi connectivity index (χ3n) is 9.17. The van der Waals surface area contributed by atoms with E-state index in [9.17, 15) is 15.3 Å². The zero-order valence-corrected chi connectivity index (χ0v) is 22.5. The van der Waals surface area contributed by atoms with Crippen LogP contribution in [0, 0.1) is 23.2 Å². The first-order valence-corrected chi connectivity index (χ1v) is 13.9. The molecule has 5 heteroatoms. The zero-order valence-electron chi connectivity index (χ0n) is 22.5. The second-order valence-electron chi connectivity index (χ2n) is 12.4. The van der Waals surface area contributed by atoms with Crippen LogP contribution in [0.25, 0.3) is 0 Å². The lowest BCUT2D eigenvalue weighted by Crippen LogP contribution is -2.45. The Labute approximate surface area is 213 Å². The van der Waals surface area contributed by atoms with Crippen LogP contribution in [0.1, 0.15) is 91.9 Å². The van der Waals surface area contributed by atoms with E-state index in [0.717, 1.165) is 30.8 Å². The molecule has 7 atom stereocenters. The molecule has 3 fully saturated rings. The van der Waals surface area contributed by atoms with E-state index in [1.165, 1.54) is 37.7 Å². The number of hydrogen-bond acceptors (Lipinski definition) is 5. The minimum absolute atomic E-state index is 0.0269. The molecule has 3 unspecified atom stereocenters. The van der Waals surface area contributed by atoms with Crippen LogP contribution in [0.4, 0.5) is 0 Å². The molecule has 4 N–H and O–H groups in total. The lowest BCUT2D eigenvalue weighted by molar-refractivity contribution is -0.0968. The first-order valence-electron chi connectivity index (χ1n) is 13.9. The van der Waals surface area contributed by atoms with E-state index >= 15 is 0 Å². The van der Waals surface area contributed by atoms with E-state index in [1.807, 2.05) is 13.8 Å². The summed E-state index contributed by atoms with van der Waals surface area (Å²) in [6.07, 6.45) is 12.1. The van der Waals surface area contributed by atoms with E-state index < -0.39 is 23.9 Å². The predicted molar refractivity (Wildman–Crippen MR) is 141 cm³/mol. The third kappa shape index (κ3) is 6.87. The lowest BCUT2D eigenvalue weighted by atomic mass is 9.60. The molecule has 35 heavy (non-hydrogen) atoms. The van der Waals surface area contributed by atoms with Crippen LogP contribution in [-0.2, 0) is 4.74 Å². The summed E-state index contributed by atoms with van der Waals surface area (Å²) in [4.78, 5) is 0. The fourth-order valence-electron chi connectivity index (χ4n) is 7.21. The molecule has 200 valence electrons. The second kappa shape index (κ2) is 12.0. The lowest BCUT2D eigenvalue weighted by Gasteiger charge is -2.44. The summed E-state index contributed by atoms with van der Waals surface area (Å²) < 4.78 is 5.63. The van der Waals surface area contributed by atoms with Gasteiger partial charge < -0.3 is 25.2 Å². The van der Waals surface area contributed by atoms with Crippen molar-refractivity contribution in [1.82, 2.24) is 0 Å². The van der Waals surface area contributed by atoms with Gasteiger partial charge in [0.15, 0.2) is 0 Å². The number of aliphatic hydroxyl groups excluding tert-OH is 3. The first kappa shape index (κ1) is 28.6. The van der Waals surface area contributed by atoms with Crippen molar-refractivity contribution >= 4 is 0 Å². The molecular formula is C30H50O5. The fourth-order valence-corrected chi connectivity index (χ4v) is 7.21. The molecule has 0 spiro atoms. The van der Waals surface area contributed by atoms with Crippen LogP contribution in [0.3, 0.4) is 0 Å². The van der Waals surface area contributed by atoms with Crippen molar-refractivity contribution in [2.24, 2.45) is 23.2 Å². The molecule has 0 aromatic rings. The summed E-state index contributed by atoms with van der Waals surface area (Å²) in [5, 5.41) is 40.4. The molecule has 0 bridgehead atoms. The minimum atomic E-state index is -0.931. The van der Waals surface area contributed by atoms with Gasteiger partial charge in [-0.25, -0.2) is 0 Å². The maximum atomic E-state index is 10.7. The molecule has 0 aromatic heterocycles. The zero-order chi connectivity index (χ0) is 25.8. The number of hydrogen-bond donors (Lipinski definition) is 4. The fraction of sp³-hybridized carbons (Fsp3) is 0.800. The molecule has 3 rings (SSSR count). The maximum Gasteiger partial charge on any atom is 0.114 e. The summed E-state index contributed by atoms with van der Waals surface area (Å²) in [6.45, 7) is 13.2. The standard InChI is InChI=1S/C30H50O5/c1-20(9-6-15-29(3,4)34)24-13-14-25-22(10-7-16-30(24,25)5)11-12-23-19-26(32)28(27(33)21(23)2)35-18-8-17-31/h11-12,20,24-28,31-34H,2,6-10,13-19H2,1,3-5H3/b22-11?,23-12-/t20-,24-,25?,26-,27?,28?,30-/m1/s1. The summed E-state index contributed by atoms with van der Waals surface area (Å²) in [7, 11) is 0. The molecule has 3 saturated carbocycles. The normalized spacial score (nSPS) is 37.1. The SMILES string of the molecule is C=C1/C(=C\C=C2CCC[C@@]3(C)C2CC[C@@H]3[C@H](C)CCCC(C)(C)O)C[C@@H](O)C(OCCCO)C1O. The Hall–Kier alpha value is -0.980. The van der Waals surface area contributed by atoms with Crippen LogP contribution in [0.2, 0.25) is 0 Å². The average Bonchev–Trinajstić information content (AvgIpc) is 3.14. The number of fused-ring (bicyclic) bond motifs is 1. The highest BCUT2D eigenvalue weighted by Crippen LogP contribution is 2.60. The first-order chi connectivity index (χ1) is 16.5. The van der Waals surface area contributed by atoms with Gasteiger partial charge in [0.1, 0.15) is 12.2 Å². The van der Waals surface area contributed by atoms with Gasteiger partial charge in [-0.15, -0.1) is 0 Å². The van der Waals surface area contributed by atoms with Gasteiger partial charge in [-0.1, -0.05) is 51.0 Å². The highest BCUT2D eigenvalue weighted by atomic mass is 16.5. The molecule has 0 radical (unpaired) electrons. The topological polar surface area (TPSA) is 90.2 Å². The van der Waals surface area contributed by atoms with Crippen molar-refractivity contribution in [3.63, 3.8) is 0 Å². The molecule has 3 aliphatic carbocycles. The number of allylic oxidation sites excluding steroid dienone is 3. The maximum absolute atomic E-state index is 10.7. The van der Waals surface area contributed by atoms with E-state index in [-0.39, 0.29) is 6.61 Å². The van der Waals surface area contributed by atoms with Crippen molar-refractivity contribution in [3.8, 4) is 0 Å². The average molecular weight is 491 g/mol. The molecule has 0 aromatic carbocycles. The Morgan fingerprint density at radius 1 is 1.20 bits per heavy atom. The Morgan fingerprint density at radius 2 is 1.94 bits per heavy atom. The van der Waals surface area contributed by atoms with Crippen LogP contribution < -0.4 is 0 Å². The van der Waals surface area contributed by atoms with Crippen molar-refractivity contribution in [3.05, 3.63) is 35.5 Å². The van der Waals surface area contributed by atoms with Crippen LogP contribution >= 0.6 is 0 Å². The van der Waals surface area contributed by atoms with Crippen molar-refractivity contribution in [1.29, 1.82) is 0 Å². The van der Waals surface area contributed by atoms with E-state index in [2.05, 4.69) is 32.6 Å². The van der Waals surface area contributed by atoms with Gasteiger partial charge in [0.05, 0.1) is 11.7 Å². The highest BCUT2D eigenvalue weighted by molar-refractivity contribution is 5.40. The van der Waals surface area contributed by atoms with Crippen molar-refractivity contribution in [2.75, 3.05) is 13.2 Å². The Morgan fingerprint density at radius 3 is 2.63 bits per heavy atom. The number of ether oxygens (including phenoxy) is 1. The van der Waals surface area contributed by atoms with Gasteiger partial charge >= 0.3 is 0 Å². The van der Waals surface area contributed by atoms with Gasteiger partial charge in [-0.05, 0) is 93.1 Å². The summed E-state index contributed by atoms with van der Waals surface area (Å²) in [6, 6.07) is 0. The van der Waals surface area contributed by atoms with Gasteiger partial charge in [-0.2, -0.15) is 0 Å². The molecular weight excluding hydrogens is 440 g/mol. The van der Waals surface area contributed by atoms with Crippen molar-refractivity contribution < 1.29 is 25.2 Å². The molecule has 5 nitrogen and oxygen atoms in total. The van der Waals surface area contributed by atoms with Crippen molar-refractivity contribution in [2.45, 2.75) is 116 Å². The van der Waals surface area contributed by atoms with E-state index in [4.69, 9.17) is 9.84 Å². The van der Waals surface area contributed by atoms with Gasteiger partial charge in [-0.3, -0.25) is 0 Å². The summed E-state index contributed by atoms with van der Waals surface area (Å²) in [5.74, 6) is 1.98. The van der Waals surface area contributed by atoms with E-state index in [0.29, 0.717) is 42.3 Å². The van der Waals surface area contributed by atoms with Gasteiger partial charge in [0.2, 0.25) is 0 Å². The molecule has 0 amide bonds. The monoisotopic (exact) mass is 490 g/mol. The van der Waals surface area contributed by atoms with E-state index in [1.54, 1.807) is 0 Å². The highest BCUT2D eigenvalue weighted by Gasteiger charge is 2.50. The summed E-state index contributed by atoms with van der Waals surface area (Å²) >= 11 is 0. The molecule has 0 aliphatic heterocycles. The summed E-state index contributed by atoms with van der Waals surface area (Å²) in [5.41, 5.74) is 2.79. The van der Waals surface area contributed by atoms with Gasteiger partial charge in [0.25, 0.3) is 0 Å². The predicted octanol–water partition coefficient (Wildman–Crippen LogP) is 5.08. The van der Waals surface area contributed by atoms with Crippen LogP contribution in [0.15, 0.2) is 35.5 Å². The Bertz CT molecular complexity index is 778. The number of rotatable bonds is 10. The molecule has 0 heterocycles. The van der Waals surface area contributed by atoms with Crippen LogP contribution in [0.5, 0.6) is 0 Å². The quantitative estimate of drug-likeness (QED) is 0.321. The minimum Gasteiger partial charge on any atom is -0.396 e. The van der Waals surface area contributed by atoms with Gasteiger partial charge in [0, 0.05) is 19.6 Å². The Kier molecular flexibility index (Phi) is 9.84. The van der Waals surface area contributed by atoms with Crippen LogP contribution in [-0.4, -0.2) is 57.6 Å². The molecule has 0 saturated heterocycles. The molecule has 3 aliphatic rings. The second-order valence-corrected chi connectivity index (χ2v) is 12.4. The number of aliphatic hydroxyl groups is 4. The third-order valence-corrected chi connectivity index (χ3v) is 9.17. The Balaban J connectivity index is 1.67.